The van der Waals surface area contributed by atoms with E-state index in [0.717, 1.165) is 24.4 Å². The lowest BCUT2D eigenvalue weighted by molar-refractivity contribution is -0.132. The van der Waals surface area contributed by atoms with Crippen LogP contribution in [-0.4, -0.2) is 56.5 Å². The maximum Gasteiger partial charge on any atom is 0.235 e. The first-order valence-electron chi connectivity index (χ1n) is 9.30. The van der Waals surface area contributed by atoms with Gasteiger partial charge in [0.2, 0.25) is 11.1 Å². The quantitative estimate of drug-likeness (QED) is 0.708. The van der Waals surface area contributed by atoms with Crippen LogP contribution in [0.1, 0.15) is 32.8 Å². The van der Waals surface area contributed by atoms with Crippen molar-refractivity contribution in [3.8, 4) is 5.75 Å². The van der Waals surface area contributed by atoms with Gasteiger partial charge in [-0.05, 0) is 53.3 Å². The number of aromatic nitrogens is 4. The summed E-state index contributed by atoms with van der Waals surface area (Å²) in [7, 11) is 1.65. The van der Waals surface area contributed by atoms with Crippen LogP contribution in [0.5, 0.6) is 5.75 Å². The number of carbonyl (C=O) groups is 1. The standard InChI is InChI=1S/C19H27N5O2S/c1-13-9-14(2)11-23(10-13)18(25)15(3)27-19-20-21-22-24(19)12-16-5-7-17(26-4)8-6-16/h5-8,13-15H,9-12H2,1-4H3/t13-,14-,15-/m1/s1. The van der Waals surface area contributed by atoms with Gasteiger partial charge in [0, 0.05) is 13.1 Å². The van der Waals surface area contributed by atoms with Crippen LogP contribution in [0.4, 0.5) is 0 Å². The van der Waals surface area contributed by atoms with Crippen LogP contribution in [0.15, 0.2) is 29.4 Å². The van der Waals surface area contributed by atoms with Crippen molar-refractivity contribution in [1.29, 1.82) is 0 Å². The minimum atomic E-state index is -0.219. The van der Waals surface area contributed by atoms with Crippen LogP contribution in [0, 0.1) is 11.8 Å². The van der Waals surface area contributed by atoms with Crippen LogP contribution in [0.3, 0.4) is 0 Å². The molecule has 0 aliphatic carbocycles. The topological polar surface area (TPSA) is 73.1 Å². The Hall–Kier alpha value is -2.09. The summed E-state index contributed by atoms with van der Waals surface area (Å²) in [4.78, 5) is 14.9. The molecule has 1 aliphatic rings. The molecule has 1 saturated heterocycles. The molecule has 1 aromatic heterocycles. The number of thioether (sulfide) groups is 1. The Morgan fingerprint density at radius 3 is 2.56 bits per heavy atom. The zero-order valence-electron chi connectivity index (χ0n) is 16.3. The molecule has 0 bridgehead atoms. The minimum absolute atomic E-state index is 0.164. The third kappa shape index (κ3) is 5.00. The van der Waals surface area contributed by atoms with Crippen molar-refractivity contribution in [2.24, 2.45) is 11.8 Å². The maximum atomic E-state index is 12.9. The molecule has 0 radical (unpaired) electrons. The number of ether oxygens (including phenoxy) is 1. The zero-order chi connectivity index (χ0) is 19.4. The molecule has 0 spiro atoms. The predicted octanol–water partition coefficient (Wildman–Crippen LogP) is 2.72. The number of hydrogen-bond donors (Lipinski definition) is 0. The Labute approximate surface area is 164 Å². The molecule has 7 nitrogen and oxygen atoms in total. The van der Waals surface area contributed by atoms with E-state index in [2.05, 4.69) is 29.4 Å². The molecule has 3 rings (SSSR count). The van der Waals surface area contributed by atoms with E-state index in [9.17, 15) is 4.79 Å². The fraction of sp³-hybridized carbons (Fsp3) is 0.579. The predicted molar refractivity (Wildman–Crippen MR) is 105 cm³/mol. The van der Waals surface area contributed by atoms with E-state index in [1.165, 1.54) is 18.2 Å². The molecule has 1 aliphatic heterocycles. The number of amides is 1. The number of rotatable bonds is 6. The van der Waals surface area contributed by atoms with Gasteiger partial charge in [-0.2, -0.15) is 0 Å². The number of tetrazole rings is 1. The second kappa shape index (κ2) is 8.73. The Morgan fingerprint density at radius 1 is 1.26 bits per heavy atom. The van der Waals surface area contributed by atoms with Crippen molar-refractivity contribution in [1.82, 2.24) is 25.1 Å². The number of carbonyl (C=O) groups excluding carboxylic acids is 1. The fourth-order valence-corrected chi connectivity index (χ4v) is 4.46. The van der Waals surface area contributed by atoms with E-state index in [1.54, 1.807) is 11.8 Å². The molecular formula is C19H27N5O2S. The van der Waals surface area contributed by atoms with Gasteiger partial charge in [-0.1, -0.05) is 37.7 Å². The molecule has 8 heteroatoms. The molecule has 146 valence electrons. The van der Waals surface area contributed by atoms with Gasteiger partial charge < -0.3 is 9.64 Å². The van der Waals surface area contributed by atoms with Gasteiger partial charge in [0.25, 0.3) is 0 Å². The van der Waals surface area contributed by atoms with Crippen LogP contribution >= 0.6 is 11.8 Å². The third-order valence-electron chi connectivity index (χ3n) is 4.80. The Bertz CT molecular complexity index is 754. The van der Waals surface area contributed by atoms with Gasteiger partial charge in [-0.25, -0.2) is 4.68 Å². The molecule has 1 amide bonds. The Balaban J connectivity index is 1.63. The normalized spacial score (nSPS) is 21.1. The highest BCUT2D eigenvalue weighted by atomic mass is 32.2. The fourth-order valence-electron chi connectivity index (χ4n) is 3.59. The molecule has 3 atom stereocenters. The lowest BCUT2D eigenvalue weighted by atomic mass is 9.92. The summed E-state index contributed by atoms with van der Waals surface area (Å²) in [5, 5.41) is 12.4. The third-order valence-corrected chi connectivity index (χ3v) is 5.86. The lowest BCUT2D eigenvalue weighted by Gasteiger charge is -2.36. The first kappa shape index (κ1) is 19.7. The summed E-state index contributed by atoms with van der Waals surface area (Å²) >= 11 is 1.42. The van der Waals surface area contributed by atoms with Crippen molar-refractivity contribution < 1.29 is 9.53 Å². The van der Waals surface area contributed by atoms with Gasteiger partial charge in [0.1, 0.15) is 5.75 Å². The average molecular weight is 390 g/mol. The maximum absolute atomic E-state index is 12.9. The Kier molecular flexibility index (Phi) is 6.36. The number of hydrogen-bond acceptors (Lipinski definition) is 6. The van der Waals surface area contributed by atoms with E-state index in [1.807, 2.05) is 36.1 Å². The van der Waals surface area contributed by atoms with E-state index in [0.29, 0.717) is 23.5 Å². The highest BCUT2D eigenvalue weighted by Gasteiger charge is 2.29. The number of likely N-dealkylation sites (tertiary alicyclic amines) is 1. The zero-order valence-corrected chi connectivity index (χ0v) is 17.1. The summed E-state index contributed by atoms with van der Waals surface area (Å²) in [6.45, 7) is 8.59. The number of methoxy groups -OCH3 is 1. The van der Waals surface area contributed by atoms with E-state index < -0.39 is 0 Å². The van der Waals surface area contributed by atoms with Gasteiger partial charge in [-0.3, -0.25) is 4.79 Å². The minimum Gasteiger partial charge on any atom is -0.497 e. The second-order valence-corrected chi connectivity index (χ2v) is 8.72. The first-order chi connectivity index (χ1) is 13.0. The van der Waals surface area contributed by atoms with Gasteiger partial charge in [0.05, 0.1) is 18.9 Å². The van der Waals surface area contributed by atoms with E-state index >= 15 is 0 Å². The number of benzene rings is 1. The highest BCUT2D eigenvalue weighted by molar-refractivity contribution is 8.00. The van der Waals surface area contributed by atoms with Crippen LogP contribution < -0.4 is 4.74 Å². The van der Waals surface area contributed by atoms with E-state index in [-0.39, 0.29) is 11.2 Å². The van der Waals surface area contributed by atoms with Gasteiger partial charge in [0.15, 0.2) is 0 Å². The molecule has 1 fully saturated rings. The molecule has 2 heterocycles. The van der Waals surface area contributed by atoms with Crippen molar-refractivity contribution in [2.45, 2.75) is 44.1 Å². The van der Waals surface area contributed by atoms with E-state index in [4.69, 9.17) is 4.74 Å². The number of nitrogens with zero attached hydrogens (tertiary/aromatic N) is 5. The van der Waals surface area contributed by atoms with Crippen molar-refractivity contribution in [3.05, 3.63) is 29.8 Å². The lowest BCUT2D eigenvalue weighted by Crippen LogP contribution is -2.45. The molecule has 0 saturated carbocycles. The Morgan fingerprint density at radius 2 is 1.93 bits per heavy atom. The van der Waals surface area contributed by atoms with Crippen molar-refractivity contribution in [2.75, 3.05) is 20.2 Å². The number of piperidine rings is 1. The highest BCUT2D eigenvalue weighted by Crippen LogP contribution is 2.26. The average Bonchev–Trinajstić information content (AvgIpc) is 3.07. The smallest absolute Gasteiger partial charge is 0.235 e. The summed E-state index contributed by atoms with van der Waals surface area (Å²) in [5.74, 6) is 2.08. The first-order valence-corrected chi connectivity index (χ1v) is 10.2. The summed E-state index contributed by atoms with van der Waals surface area (Å²) < 4.78 is 6.92. The molecular weight excluding hydrogens is 362 g/mol. The molecule has 0 N–H and O–H groups in total. The largest absolute Gasteiger partial charge is 0.497 e. The van der Waals surface area contributed by atoms with Crippen LogP contribution in [0.25, 0.3) is 0 Å². The van der Waals surface area contributed by atoms with Crippen LogP contribution in [-0.2, 0) is 11.3 Å². The summed E-state index contributed by atoms with van der Waals surface area (Å²) in [5.41, 5.74) is 1.07. The molecule has 1 aromatic carbocycles. The summed E-state index contributed by atoms with van der Waals surface area (Å²) in [6, 6.07) is 7.80. The summed E-state index contributed by atoms with van der Waals surface area (Å²) in [6.07, 6.45) is 1.19. The van der Waals surface area contributed by atoms with Crippen molar-refractivity contribution in [3.63, 3.8) is 0 Å². The molecule has 0 unspecified atom stereocenters. The van der Waals surface area contributed by atoms with Crippen LogP contribution in [0.2, 0.25) is 0 Å². The van der Waals surface area contributed by atoms with Gasteiger partial charge >= 0.3 is 0 Å². The molecule has 27 heavy (non-hydrogen) atoms. The van der Waals surface area contributed by atoms with Crippen molar-refractivity contribution >= 4 is 17.7 Å². The second-order valence-electron chi connectivity index (χ2n) is 7.42. The monoisotopic (exact) mass is 389 g/mol. The van der Waals surface area contributed by atoms with Gasteiger partial charge in [-0.15, -0.1) is 5.10 Å². The molecule has 2 aromatic rings. The SMILES string of the molecule is COc1ccc(Cn2nnnc2S[C@H](C)C(=O)N2C[C@H](C)C[C@@H](C)C2)cc1.